The number of benzene rings is 1. The third-order valence-corrected chi connectivity index (χ3v) is 5.52. The minimum Gasteiger partial charge on any atom is -0.381 e. The smallest absolute Gasteiger partial charge is 0.223 e. The molecule has 1 aliphatic heterocycles. The van der Waals surface area contributed by atoms with Gasteiger partial charge in [-0.2, -0.15) is 0 Å². The van der Waals surface area contributed by atoms with Crippen molar-refractivity contribution in [3.63, 3.8) is 0 Å². The molecule has 0 bridgehead atoms. The number of nitrogens with two attached hydrogens (primary N) is 1. The maximum absolute atomic E-state index is 12.6. The van der Waals surface area contributed by atoms with Crippen LogP contribution >= 0.6 is 0 Å². The molecule has 1 saturated heterocycles. The zero-order valence-corrected chi connectivity index (χ0v) is 13.8. The van der Waals surface area contributed by atoms with Crippen LogP contribution in [0.4, 0.5) is 0 Å². The third kappa shape index (κ3) is 3.93. The molecule has 2 aliphatic rings. The van der Waals surface area contributed by atoms with E-state index in [0.717, 1.165) is 51.7 Å². The van der Waals surface area contributed by atoms with Crippen molar-refractivity contribution in [2.24, 2.45) is 11.7 Å². The quantitative estimate of drug-likeness (QED) is 0.896. The fourth-order valence-corrected chi connectivity index (χ4v) is 3.99. The van der Waals surface area contributed by atoms with Crippen LogP contribution in [0.3, 0.4) is 0 Å². The molecule has 126 valence electrons. The molecule has 3 N–H and O–H groups in total. The van der Waals surface area contributed by atoms with Crippen LogP contribution in [0.15, 0.2) is 30.3 Å². The van der Waals surface area contributed by atoms with E-state index in [2.05, 4.69) is 29.6 Å². The van der Waals surface area contributed by atoms with Gasteiger partial charge in [0.25, 0.3) is 0 Å². The van der Waals surface area contributed by atoms with Gasteiger partial charge in [0.15, 0.2) is 0 Å². The summed E-state index contributed by atoms with van der Waals surface area (Å²) in [7, 11) is 0. The molecule has 2 unspecified atom stereocenters. The molecule has 1 aromatic rings. The lowest BCUT2D eigenvalue weighted by Crippen LogP contribution is -2.47. The van der Waals surface area contributed by atoms with Gasteiger partial charge < -0.3 is 15.8 Å². The lowest BCUT2D eigenvalue weighted by atomic mass is 9.74. The van der Waals surface area contributed by atoms with Crippen molar-refractivity contribution in [2.45, 2.75) is 50.0 Å². The van der Waals surface area contributed by atoms with Crippen LogP contribution < -0.4 is 11.1 Å². The second-order valence-corrected chi connectivity index (χ2v) is 7.10. The molecule has 0 spiro atoms. The van der Waals surface area contributed by atoms with Crippen molar-refractivity contribution >= 4 is 5.91 Å². The van der Waals surface area contributed by atoms with Crippen LogP contribution in [0.25, 0.3) is 0 Å². The topological polar surface area (TPSA) is 64.4 Å². The first-order valence-corrected chi connectivity index (χ1v) is 8.86. The Morgan fingerprint density at radius 1 is 1.22 bits per heavy atom. The van der Waals surface area contributed by atoms with Gasteiger partial charge in [0.05, 0.1) is 0 Å². The first-order chi connectivity index (χ1) is 11.2. The summed E-state index contributed by atoms with van der Waals surface area (Å²) in [6.07, 6.45) is 5.84. The summed E-state index contributed by atoms with van der Waals surface area (Å²) in [4.78, 5) is 12.6. The zero-order chi connectivity index (χ0) is 16.1. The van der Waals surface area contributed by atoms with Gasteiger partial charge >= 0.3 is 0 Å². The van der Waals surface area contributed by atoms with Crippen LogP contribution in [0.2, 0.25) is 0 Å². The molecule has 1 aliphatic carbocycles. The molecule has 4 nitrogen and oxygen atoms in total. The number of rotatable bonds is 4. The van der Waals surface area contributed by atoms with Crippen LogP contribution in [0.5, 0.6) is 0 Å². The summed E-state index contributed by atoms with van der Waals surface area (Å²) < 4.78 is 5.55. The molecule has 4 heteroatoms. The SMILES string of the molecule is NC1CCCC(C(=O)NCC2(c3ccccc3)CCOCC2)C1. The minimum atomic E-state index is 0.00591. The number of hydrogen-bond acceptors (Lipinski definition) is 3. The minimum absolute atomic E-state index is 0.00591. The molecule has 3 rings (SSSR count). The van der Waals surface area contributed by atoms with Gasteiger partial charge in [-0.1, -0.05) is 36.8 Å². The largest absolute Gasteiger partial charge is 0.381 e. The summed E-state index contributed by atoms with van der Waals surface area (Å²) >= 11 is 0. The standard InChI is InChI=1S/C19H28N2O2/c20-17-8-4-5-15(13-17)18(22)21-14-19(9-11-23-12-10-19)16-6-2-1-3-7-16/h1-3,6-7,15,17H,4-5,8-14,20H2,(H,21,22). The highest BCUT2D eigenvalue weighted by atomic mass is 16.5. The van der Waals surface area contributed by atoms with Crippen molar-refractivity contribution in [2.75, 3.05) is 19.8 Å². The third-order valence-electron chi connectivity index (χ3n) is 5.52. The normalized spacial score (nSPS) is 27.3. The highest BCUT2D eigenvalue weighted by Gasteiger charge is 2.35. The summed E-state index contributed by atoms with van der Waals surface area (Å²) in [5.41, 5.74) is 7.34. The van der Waals surface area contributed by atoms with Crippen LogP contribution in [0.1, 0.15) is 44.1 Å². The number of nitrogens with one attached hydrogen (secondary N) is 1. The van der Waals surface area contributed by atoms with Crippen molar-refractivity contribution in [3.8, 4) is 0 Å². The zero-order valence-electron chi connectivity index (χ0n) is 13.8. The number of carbonyl (C=O) groups excluding carboxylic acids is 1. The van der Waals surface area contributed by atoms with E-state index in [1.54, 1.807) is 0 Å². The predicted molar refractivity (Wildman–Crippen MR) is 91.1 cm³/mol. The van der Waals surface area contributed by atoms with Crippen LogP contribution in [-0.2, 0) is 14.9 Å². The van der Waals surface area contributed by atoms with Crippen molar-refractivity contribution in [1.82, 2.24) is 5.32 Å². The first-order valence-electron chi connectivity index (χ1n) is 8.86. The molecular weight excluding hydrogens is 288 g/mol. The highest BCUT2D eigenvalue weighted by molar-refractivity contribution is 5.78. The molecule has 1 heterocycles. The van der Waals surface area contributed by atoms with Crippen LogP contribution in [0, 0.1) is 5.92 Å². The number of ether oxygens (including phenoxy) is 1. The van der Waals surface area contributed by atoms with E-state index >= 15 is 0 Å². The number of amides is 1. The van der Waals surface area contributed by atoms with Crippen LogP contribution in [-0.4, -0.2) is 31.7 Å². The Balaban J connectivity index is 1.66. The van der Waals surface area contributed by atoms with E-state index in [4.69, 9.17) is 10.5 Å². The molecule has 0 radical (unpaired) electrons. The Morgan fingerprint density at radius 3 is 2.65 bits per heavy atom. The maximum Gasteiger partial charge on any atom is 0.223 e. The van der Waals surface area contributed by atoms with E-state index < -0.39 is 0 Å². The van der Waals surface area contributed by atoms with E-state index in [1.807, 2.05) is 6.07 Å². The van der Waals surface area contributed by atoms with Gasteiger partial charge in [-0.15, -0.1) is 0 Å². The van der Waals surface area contributed by atoms with Gasteiger partial charge in [-0.3, -0.25) is 4.79 Å². The Labute approximate surface area is 138 Å². The molecular formula is C19H28N2O2. The Kier molecular flexibility index (Phi) is 5.34. The molecule has 1 aromatic carbocycles. The second-order valence-electron chi connectivity index (χ2n) is 7.10. The van der Waals surface area contributed by atoms with Gasteiger partial charge in [-0.25, -0.2) is 0 Å². The Bertz CT molecular complexity index is 511. The highest BCUT2D eigenvalue weighted by Crippen LogP contribution is 2.34. The average Bonchev–Trinajstić information content (AvgIpc) is 2.61. The van der Waals surface area contributed by atoms with Gasteiger partial charge in [0.2, 0.25) is 5.91 Å². The molecule has 23 heavy (non-hydrogen) atoms. The molecule has 0 aromatic heterocycles. The molecule has 1 amide bonds. The maximum atomic E-state index is 12.6. The lowest BCUT2D eigenvalue weighted by Gasteiger charge is -2.38. The van der Waals surface area contributed by atoms with Crippen molar-refractivity contribution < 1.29 is 9.53 Å². The number of hydrogen-bond donors (Lipinski definition) is 2. The molecule has 2 atom stereocenters. The summed E-state index contributed by atoms with van der Waals surface area (Å²) in [6, 6.07) is 10.7. The van der Waals surface area contributed by atoms with Gasteiger partial charge in [-0.05, 0) is 37.7 Å². The first kappa shape index (κ1) is 16.5. The fraction of sp³-hybridized carbons (Fsp3) is 0.632. The Morgan fingerprint density at radius 2 is 1.96 bits per heavy atom. The monoisotopic (exact) mass is 316 g/mol. The lowest BCUT2D eigenvalue weighted by molar-refractivity contribution is -0.126. The number of carbonyl (C=O) groups is 1. The van der Waals surface area contributed by atoms with Crippen molar-refractivity contribution in [3.05, 3.63) is 35.9 Å². The molecule has 2 fully saturated rings. The summed E-state index contributed by atoms with van der Waals surface area (Å²) in [6.45, 7) is 2.23. The molecule has 1 saturated carbocycles. The summed E-state index contributed by atoms with van der Waals surface area (Å²) in [5.74, 6) is 0.272. The second kappa shape index (κ2) is 7.45. The van der Waals surface area contributed by atoms with E-state index in [-0.39, 0.29) is 23.3 Å². The summed E-state index contributed by atoms with van der Waals surface area (Å²) in [5, 5.41) is 3.23. The van der Waals surface area contributed by atoms with Crippen molar-refractivity contribution in [1.29, 1.82) is 0 Å². The average molecular weight is 316 g/mol. The predicted octanol–water partition coefficient (Wildman–Crippen LogP) is 2.37. The van der Waals surface area contributed by atoms with Gasteiger partial charge in [0, 0.05) is 37.1 Å². The van der Waals surface area contributed by atoms with E-state index in [0.29, 0.717) is 6.54 Å². The van der Waals surface area contributed by atoms with E-state index in [1.165, 1.54) is 5.56 Å². The fourth-order valence-electron chi connectivity index (χ4n) is 3.99. The Hall–Kier alpha value is -1.39. The van der Waals surface area contributed by atoms with Gasteiger partial charge in [0.1, 0.15) is 0 Å². The van der Waals surface area contributed by atoms with E-state index in [9.17, 15) is 4.79 Å².